The Balaban J connectivity index is 1.20. The summed E-state index contributed by atoms with van der Waals surface area (Å²) in [5.74, 6) is 0.0386. The Morgan fingerprint density at radius 1 is 0.697 bits per heavy atom. The molecule has 2 N–H and O–H groups in total. The van der Waals surface area contributed by atoms with Crippen LogP contribution in [0.25, 0.3) is 0 Å². The van der Waals surface area contributed by atoms with Gasteiger partial charge in [-0.15, -0.1) is 0 Å². The predicted molar refractivity (Wildman–Crippen MR) is 134 cm³/mol. The topological polar surface area (TPSA) is 64.7 Å². The van der Waals surface area contributed by atoms with E-state index >= 15 is 0 Å². The molecule has 3 aromatic rings. The summed E-state index contributed by atoms with van der Waals surface area (Å²) in [5.41, 5.74) is 3.97. The molecule has 33 heavy (non-hydrogen) atoms. The Bertz CT molecular complexity index is 1030. The summed E-state index contributed by atoms with van der Waals surface area (Å²) < 4.78 is 0. The van der Waals surface area contributed by atoms with Crippen LogP contribution in [-0.2, 0) is 11.2 Å². The molecule has 1 aliphatic heterocycles. The Morgan fingerprint density at radius 2 is 1.30 bits per heavy atom. The van der Waals surface area contributed by atoms with Gasteiger partial charge in [0.25, 0.3) is 0 Å². The van der Waals surface area contributed by atoms with Gasteiger partial charge in [-0.25, -0.2) is 4.79 Å². The van der Waals surface area contributed by atoms with E-state index in [0.29, 0.717) is 19.5 Å². The summed E-state index contributed by atoms with van der Waals surface area (Å²) in [6.07, 6.45) is 2.24. The number of para-hydroxylation sites is 1. The molecule has 0 aliphatic carbocycles. The fourth-order valence-electron chi connectivity index (χ4n) is 3.97. The highest BCUT2D eigenvalue weighted by Crippen LogP contribution is 2.20. The van der Waals surface area contributed by atoms with E-state index in [2.05, 4.69) is 27.7 Å². The highest BCUT2D eigenvalue weighted by molar-refractivity contribution is 5.91. The average molecular weight is 443 g/mol. The Morgan fingerprint density at radius 3 is 1.97 bits per heavy atom. The van der Waals surface area contributed by atoms with E-state index in [-0.39, 0.29) is 11.9 Å². The van der Waals surface area contributed by atoms with Gasteiger partial charge in [0.05, 0.1) is 0 Å². The zero-order chi connectivity index (χ0) is 22.9. The number of nitrogens with one attached hydrogen (secondary N) is 2. The van der Waals surface area contributed by atoms with Crippen molar-refractivity contribution in [3.05, 3.63) is 90.5 Å². The van der Waals surface area contributed by atoms with Crippen LogP contribution in [0.5, 0.6) is 0 Å². The lowest BCUT2D eigenvalue weighted by Crippen LogP contribution is -2.50. The molecule has 170 valence electrons. The van der Waals surface area contributed by atoms with Gasteiger partial charge in [0.15, 0.2) is 0 Å². The molecule has 3 amide bonds. The van der Waals surface area contributed by atoms with Crippen molar-refractivity contribution < 1.29 is 9.59 Å². The lowest BCUT2D eigenvalue weighted by molar-refractivity contribution is -0.116. The summed E-state index contributed by atoms with van der Waals surface area (Å²) in [5, 5.41) is 5.93. The molecule has 0 aromatic heterocycles. The van der Waals surface area contributed by atoms with Crippen LogP contribution in [0.3, 0.4) is 0 Å². The number of aryl methyl sites for hydroxylation is 1. The summed E-state index contributed by atoms with van der Waals surface area (Å²) in [7, 11) is 0. The van der Waals surface area contributed by atoms with Crippen molar-refractivity contribution in [3.8, 4) is 0 Å². The molecule has 3 aromatic carbocycles. The number of rotatable bonds is 7. The summed E-state index contributed by atoms with van der Waals surface area (Å²) >= 11 is 0. The maximum Gasteiger partial charge on any atom is 0.321 e. The molecule has 1 heterocycles. The number of amides is 3. The minimum Gasteiger partial charge on any atom is -0.368 e. The average Bonchev–Trinajstić information content (AvgIpc) is 2.86. The third-order valence-corrected chi connectivity index (χ3v) is 5.82. The Kier molecular flexibility index (Phi) is 7.59. The molecule has 0 saturated carbocycles. The number of anilines is 3. The van der Waals surface area contributed by atoms with Crippen molar-refractivity contribution in [2.24, 2.45) is 0 Å². The first kappa shape index (κ1) is 22.4. The number of piperazine rings is 1. The van der Waals surface area contributed by atoms with E-state index in [1.165, 1.54) is 5.56 Å². The summed E-state index contributed by atoms with van der Waals surface area (Å²) in [6.45, 7) is 2.87. The molecule has 6 nitrogen and oxygen atoms in total. The van der Waals surface area contributed by atoms with Gasteiger partial charge < -0.3 is 20.4 Å². The molecule has 1 aliphatic rings. The molecule has 0 radical (unpaired) electrons. The molecule has 6 heteroatoms. The summed E-state index contributed by atoms with van der Waals surface area (Å²) in [4.78, 5) is 28.8. The zero-order valence-corrected chi connectivity index (χ0v) is 18.7. The highest BCUT2D eigenvalue weighted by Gasteiger charge is 2.21. The van der Waals surface area contributed by atoms with Gasteiger partial charge in [0, 0.05) is 49.7 Å². The van der Waals surface area contributed by atoms with Crippen LogP contribution in [0.15, 0.2) is 84.9 Å². The van der Waals surface area contributed by atoms with Gasteiger partial charge in [-0.05, 0) is 54.8 Å². The van der Waals surface area contributed by atoms with Gasteiger partial charge in [-0.3, -0.25) is 4.79 Å². The Hall–Kier alpha value is -3.80. The van der Waals surface area contributed by atoms with E-state index < -0.39 is 0 Å². The third kappa shape index (κ3) is 6.59. The second kappa shape index (κ2) is 11.2. The van der Waals surface area contributed by atoms with Gasteiger partial charge in [-0.1, -0.05) is 48.5 Å². The maximum absolute atomic E-state index is 12.5. The SMILES string of the molecule is O=C(CCCc1ccccc1)Nc1ccc(N2CCN(C(=O)Nc3ccccc3)CC2)cc1. The fourth-order valence-corrected chi connectivity index (χ4v) is 3.97. The van der Waals surface area contributed by atoms with Crippen molar-refractivity contribution in [1.29, 1.82) is 0 Å². The van der Waals surface area contributed by atoms with Crippen LogP contribution < -0.4 is 15.5 Å². The van der Waals surface area contributed by atoms with E-state index in [9.17, 15) is 9.59 Å². The smallest absolute Gasteiger partial charge is 0.321 e. The zero-order valence-electron chi connectivity index (χ0n) is 18.7. The monoisotopic (exact) mass is 442 g/mol. The maximum atomic E-state index is 12.5. The van der Waals surface area contributed by atoms with Crippen molar-refractivity contribution in [1.82, 2.24) is 4.90 Å². The Labute approximate surface area is 195 Å². The molecule has 0 unspecified atom stereocenters. The predicted octanol–water partition coefficient (Wildman–Crippen LogP) is 5.00. The standard InChI is InChI=1S/C27H30N4O2/c32-26(13-7-10-22-8-3-1-4-9-22)28-24-14-16-25(17-15-24)30-18-20-31(21-19-30)27(33)29-23-11-5-2-6-12-23/h1-6,8-9,11-12,14-17H,7,10,13,18-21H2,(H,28,32)(H,29,33). The second-order valence-electron chi connectivity index (χ2n) is 8.20. The van der Waals surface area contributed by atoms with Crippen LogP contribution in [-0.4, -0.2) is 43.0 Å². The lowest BCUT2D eigenvalue weighted by Gasteiger charge is -2.36. The molecule has 0 spiro atoms. The number of urea groups is 1. The molecular weight excluding hydrogens is 412 g/mol. The normalized spacial score (nSPS) is 13.5. The van der Waals surface area contributed by atoms with Crippen molar-refractivity contribution >= 4 is 29.0 Å². The first-order valence-electron chi connectivity index (χ1n) is 11.5. The van der Waals surface area contributed by atoms with E-state index in [4.69, 9.17) is 0 Å². The van der Waals surface area contributed by atoms with Crippen molar-refractivity contribution in [2.75, 3.05) is 41.7 Å². The molecule has 0 atom stereocenters. The second-order valence-corrected chi connectivity index (χ2v) is 8.20. The number of carbonyl (C=O) groups is 2. The highest BCUT2D eigenvalue weighted by atomic mass is 16.2. The van der Waals surface area contributed by atoms with Crippen LogP contribution in [0.2, 0.25) is 0 Å². The first-order chi connectivity index (χ1) is 16.2. The minimum absolute atomic E-state index is 0.0386. The van der Waals surface area contributed by atoms with Crippen LogP contribution in [0, 0.1) is 0 Å². The van der Waals surface area contributed by atoms with Crippen molar-refractivity contribution in [3.63, 3.8) is 0 Å². The number of hydrogen-bond acceptors (Lipinski definition) is 3. The number of hydrogen-bond donors (Lipinski definition) is 2. The van der Waals surface area contributed by atoms with Crippen LogP contribution in [0.1, 0.15) is 18.4 Å². The molecule has 1 fully saturated rings. The van der Waals surface area contributed by atoms with E-state index in [1.807, 2.05) is 77.7 Å². The van der Waals surface area contributed by atoms with Crippen molar-refractivity contribution in [2.45, 2.75) is 19.3 Å². The molecule has 4 rings (SSSR count). The third-order valence-electron chi connectivity index (χ3n) is 5.82. The van der Waals surface area contributed by atoms with E-state index in [0.717, 1.165) is 43.0 Å². The fraction of sp³-hybridized carbons (Fsp3) is 0.259. The number of nitrogens with zero attached hydrogens (tertiary/aromatic N) is 2. The minimum atomic E-state index is -0.0637. The lowest BCUT2D eigenvalue weighted by atomic mass is 10.1. The molecule has 1 saturated heterocycles. The van der Waals surface area contributed by atoms with Crippen LogP contribution >= 0.6 is 0 Å². The summed E-state index contributed by atoms with van der Waals surface area (Å²) in [6, 6.07) is 27.6. The molecule has 0 bridgehead atoms. The van der Waals surface area contributed by atoms with Crippen LogP contribution in [0.4, 0.5) is 21.9 Å². The van der Waals surface area contributed by atoms with Gasteiger partial charge in [-0.2, -0.15) is 0 Å². The number of benzene rings is 3. The first-order valence-corrected chi connectivity index (χ1v) is 11.5. The van der Waals surface area contributed by atoms with Gasteiger partial charge in [0.2, 0.25) is 5.91 Å². The van der Waals surface area contributed by atoms with Gasteiger partial charge in [0.1, 0.15) is 0 Å². The quantitative estimate of drug-likeness (QED) is 0.541. The largest absolute Gasteiger partial charge is 0.368 e. The molecular formula is C27H30N4O2. The van der Waals surface area contributed by atoms with Gasteiger partial charge >= 0.3 is 6.03 Å². The number of carbonyl (C=O) groups excluding carboxylic acids is 2. The van der Waals surface area contributed by atoms with E-state index in [1.54, 1.807) is 0 Å².